The first-order valence-electron chi connectivity index (χ1n) is 8.80. The first-order chi connectivity index (χ1) is 14.0. The predicted octanol–water partition coefficient (Wildman–Crippen LogP) is 5.01. The molecule has 3 rings (SSSR count). The van der Waals surface area contributed by atoms with Gasteiger partial charge in [0.1, 0.15) is 23.7 Å². The number of carbonyl (C=O) groups excluding carboxylic acids is 1. The van der Waals surface area contributed by atoms with Gasteiger partial charge in [-0.15, -0.1) is 0 Å². The molecular weight excluding hydrogens is 419 g/mol. The van der Waals surface area contributed by atoms with Gasteiger partial charge in [0.25, 0.3) is 0 Å². The van der Waals surface area contributed by atoms with Crippen molar-refractivity contribution in [1.29, 1.82) is 0 Å². The van der Waals surface area contributed by atoms with E-state index in [1.165, 1.54) is 13.2 Å². The van der Waals surface area contributed by atoms with E-state index in [2.05, 4.69) is 0 Å². The number of esters is 1. The molecule has 29 heavy (non-hydrogen) atoms. The van der Waals surface area contributed by atoms with E-state index in [4.69, 9.17) is 41.8 Å². The maximum Gasteiger partial charge on any atom is 0.336 e. The van der Waals surface area contributed by atoms with Crippen molar-refractivity contribution in [3.8, 4) is 11.5 Å². The van der Waals surface area contributed by atoms with Crippen LogP contribution >= 0.6 is 23.2 Å². The van der Waals surface area contributed by atoms with Gasteiger partial charge in [-0.2, -0.15) is 0 Å². The molecule has 0 N–H and O–H groups in total. The molecule has 0 aliphatic rings. The molecular formula is C21H18Cl2O6. The number of halogens is 2. The summed E-state index contributed by atoms with van der Waals surface area (Å²) in [6, 6.07) is 11.4. The zero-order valence-electron chi connectivity index (χ0n) is 15.6. The Balaban J connectivity index is 1.52. The predicted molar refractivity (Wildman–Crippen MR) is 110 cm³/mol. The molecule has 0 fully saturated rings. The summed E-state index contributed by atoms with van der Waals surface area (Å²) in [4.78, 5) is 23.8. The fraction of sp³-hybridized carbons (Fsp3) is 0.238. The fourth-order valence-electron chi connectivity index (χ4n) is 2.68. The van der Waals surface area contributed by atoms with Crippen LogP contribution in [0.4, 0.5) is 0 Å². The van der Waals surface area contributed by atoms with Crippen molar-refractivity contribution in [1.82, 2.24) is 0 Å². The lowest BCUT2D eigenvalue weighted by Gasteiger charge is -2.09. The molecule has 0 amide bonds. The number of carbonyl (C=O) groups is 1. The number of benzene rings is 2. The Morgan fingerprint density at radius 1 is 1.10 bits per heavy atom. The van der Waals surface area contributed by atoms with E-state index in [9.17, 15) is 9.59 Å². The van der Waals surface area contributed by atoms with E-state index >= 15 is 0 Å². The zero-order valence-corrected chi connectivity index (χ0v) is 17.1. The van der Waals surface area contributed by atoms with Crippen LogP contribution in [0.15, 0.2) is 51.7 Å². The molecule has 0 saturated heterocycles. The summed E-state index contributed by atoms with van der Waals surface area (Å²) < 4.78 is 21.1. The van der Waals surface area contributed by atoms with E-state index in [0.717, 1.165) is 0 Å². The molecule has 0 bridgehead atoms. The molecule has 6 nitrogen and oxygen atoms in total. The summed E-state index contributed by atoms with van der Waals surface area (Å²) in [5, 5.41) is 1.61. The SMILES string of the molecule is COc1ccc2c(COC(=O)CCCOc3ccc(Cl)cc3Cl)cc(=O)oc2c1. The third-order valence-corrected chi connectivity index (χ3v) is 4.63. The molecule has 0 unspecified atom stereocenters. The number of hydrogen-bond acceptors (Lipinski definition) is 6. The molecule has 1 aromatic heterocycles. The van der Waals surface area contributed by atoms with Crippen LogP contribution < -0.4 is 15.1 Å². The van der Waals surface area contributed by atoms with Crippen LogP contribution in [0.25, 0.3) is 11.0 Å². The van der Waals surface area contributed by atoms with E-state index in [1.807, 2.05) is 0 Å². The number of methoxy groups -OCH3 is 1. The summed E-state index contributed by atoms with van der Waals surface area (Å²) in [6.07, 6.45) is 0.616. The van der Waals surface area contributed by atoms with Crippen molar-refractivity contribution in [2.75, 3.05) is 13.7 Å². The molecule has 0 aliphatic carbocycles. The van der Waals surface area contributed by atoms with Gasteiger partial charge in [-0.05, 0) is 36.8 Å². The quantitative estimate of drug-likeness (QED) is 0.280. The van der Waals surface area contributed by atoms with Crippen LogP contribution in [0.1, 0.15) is 18.4 Å². The van der Waals surface area contributed by atoms with Crippen molar-refractivity contribution in [3.63, 3.8) is 0 Å². The van der Waals surface area contributed by atoms with Crippen LogP contribution in [-0.2, 0) is 16.1 Å². The van der Waals surface area contributed by atoms with Gasteiger partial charge in [0, 0.05) is 34.5 Å². The first-order valence-corrected chi connectivity index (χ1v) is 9.56. The van der Waals surface area contributed by atoms with Gasteiger partial charge >= 0.3 is 11.6 Å². The first kappa shape index (κ1) is 21.0. The second-order valence-electron chi connectivity index (χ2n) is 6.14. The maximum atomic E-state index is 12.0. The number of rotatable bonds is 8. The second kappa shape index (κ2) is 9.67. The zero-order chi connectivity index (χ0) is 20.8. The summed E-state index contributed by atoms with van der Waals surface area (Å²) >= 11 is 11.9. The van der Waals surface area contributed by atoms with Crippen molar-refractivity contribution in [2.24, 2.45) is 0 Å². The molecule has 152 valence electrons. The van der Waals surface area contributed by atoms with Gasteiger partial charge in [0.05, 0.1) is 18.7 Å². The van der Waals surface area contributed by atoms with E-state index < -0.39 is 11.6 Å². The van der Waals surface area contributed by atoms with Crippen LogP contribution in [0, 0.1) is 0 Å². The Morgan fingerprint density at radius 2 is 1.93 bits per heavy atom. The lowest BCUT2D eigenvalue weighted by Crippen LogP contribution is -2.09. The minimum absolute atomic E-state index is 0.0306. The normalized spacial score (nSPS) is 10.7. The molecule has 1 heterocycles. The largest absolute Gasteiger partial charge is 0.497 e. The van der Waals surface area contributed by atoms with Gasteiger partial charge in [-0.25, -0.2) is 4.79 Å². The lowest BCUT2D eigenvalue weighted by atomic mass is 10.1. The molecule has 0 saturated carbocycles. The minimum atomic E-state index is -0.523. The highest BCUT2D eigenvalue weighted by Gasteiger charge is 2.10. The van der Waals surface area contributed by atoms with Gasteiger partial charge in [-0.3, -0.25) is 4.79 Å². The summed E-state index contributed by atoms with van der Waals surface area (Å²) in [5.74, 6) is 0.670. The Kier molecular flexibility index (Phi) is 7.01. The smallest absolute Gasteiger partial charge is 0.336 e. The molecule has 8 heteroatoms. The summed E-state index contributed by atoms with van der Waals surface area (Å²) in [7, 11) is 1.52. The number of ether oxygens (including phenoxy) is 3. The van der Waals surface area contributed by atoms with E-state index in [0.29, 0.717) is 51.1 Å². The summed E-state index contributed by atoms with van der Waals surface area (Å²) in [5.41, 5.74) is 0.414. The molecule has 0 atom stereocenters. The van der Waals surface area contributed by atoms with E-state index in [1.54, 1.807) is 36.4 Å². The Labute approximate surface area is 176 Å². The van der Waals surface area contributed by atoms with Crippen molar-refractivity contribution in [2.45, 2.75) is 19.4 Å². The van der Waals surface area contributed by atoms with Crippen LogP contribution in [0.5, 0.6) is 11.5 Å². The highest BCUT2D eigenvalue weighted by Crippen LogP contribution is 2.27. The lowest BCUT2D eigenvalue weighted by molar-refractivity contribution is -0.145. The fourth-order valence-corrected chi connectivity index (χ4v) is 3.14. The average Bonchev–Trinajstić information content (AvgIpc) is 2.70. The highest BCUT2D eigenvalue weighted by atomic mass is 35.5. The molecule has 0 aliphatic heterocycles. The summed E-state index contributed by atoms with van der Waals surface area (Å²) in [6.45, 7) is 0.269. The number of hydrogen-bond donors (Lipinski definition) is 0. The molecule has 0 radical (unpaired) electrons. The Bertz CT molecular complexity index is 1080. The monoisotopic (exact) mass is 436 g/mol. The molecule has 3 aromatic rings. The van der Waals surface area contributed by atoms with Crippen molar-refractivity contribution < 1.29 is 23.4 Å². The second-order valence-corrected chi connectivity index (χ2v) is 6.98. The number of fused-ring (bicyclic) bond motifs is 1. The Hall–Kier alpha value is -2.70. The third-order valence-electron chi connectivity index (χ3n) is 4.10. The van der Waals surface area contributed by atoms with Gasteiger partial charge in [-0.1, -0.05) is 23.2 Å². The van der Waals surface area contributed by atoms with Gasteiger partial charge in [0.15, 0.2) is 0 Å². The minimum Gasteiger partial charge on any atom is -0.497 e. The maximum absolute atomic E-state index is 12.0. The molecule has 0 spiro atoms. The van der Waals surface area contributed by atoms with Gasteiger partial charge < -0.3 is 18.6 Å². The van der Waals surface area contributed by atoms with Gasteiger partial charge in [0.2, 0.25) is 0 Å². The standard InChI is InChI=1S/C21H18Cl2O6/c1-26-15-5-6-16-13(9-21(25)29-19(16)11-15)12-28-20(24)3-2-8-27-18-7-4-14(22)10-17(18)23/h4-7,9-11H,2-3,8,12H2,1H3. The van der Waals surface area contributed by atoms with Crippen LogP contribution in [0.3, 0.4) is 0 Å². The van der Waals surface area contributed by atoms with Crippen molar-refractivity contribution in [3.05, 3.63) is 68.5 Å². The topological polar surface area (TPSA) is 75.0 Å². The molecule has 2 aromatic carbocycles. The third kappa shape index (κ3) is 5.65. The van der Waals surface area contributed by atoms with E-state index in [-0.39, 0.29) is 13.0 Å². The average molecular weight is 437 g/mol. The highest BCUT2D eigenvalue weighted by molar-refractivity contribution is 6.35. The van der Waals surface area contributed by atoms with Crippen LogP contribution in [-0.4, -0.2) is 19.7 Å². The Morgan fingerprint density at radius 3 is 2.69 bits per heavy atom. The van der Waals surface area contributed by atoms with Crippen LogP contribution in [0.2, 0.25) is 10.0 Å². The van der Waals surface area contributed by atoms with Crippen molar-refractivity contribution >= 4 is 40.1 Å².